The van der Waals surface area contributed by atoms with Crippen LogP contribution in [0.4, 0.5) is 4.39 Å². The Hall–Kier alpha value is -1.72. The fourth-order valence-corrected chi connectivity index (χ4v) is 1.97. The van der Waals surface area contributed by atoms with Crippen LogP contribution < -0.4 is 5.32 Å². The molecule has 0 atom stereocenters. The van der Waals surface area contributed by atoms with Crippen molar-refractivity contribution in [1.82, 2.24) is 15.1 Å². The number of ether oxygens (including phenoxy) is 1. The number of hydrogen-bond acceptors (Lipinski definition) is 3. The van der Waals surface area contributed by atoms with E-state index in [1.165, 1.54) is 12.1 Å². The second kappa shape index (κ2) is 7.77. The predicted octanol–water partition coefficient (Wildman–Crippen LogP) is 2.18. The standard InChI is InChI=1S/C15H20FN3O/c1-20-9-8-17-7-3-4-13-11-18-19(12-13)15-6-2-5-14(16)10-15/h2,5-6,10-12,17H,3-4,7-9H2,1H3. The first-order valence-corrected chi connectivity index (χ1v) is 6.79. The summed E-state index contributed by atoms with van der Waals surface area (Å²) in [4.78, 5) is 0. The number of hydrogen-bond donors (Lipinski definition) is 1. The van der Waals surface area contributed by atoms with E-state index in [0.717, 1.165) is 43.8 Å². The lowest BCUT2D eigenvalue weighted by Gasteiger charge is -2.02. The van der Waals surface area contributed by atoms with Gasteiger partial charge < -0.3 is 10.1 Å². The van der Waals surface area contributed by atoms with E-state index in [0.29, 0.717) is 0 Å². The van der Waals surface area contributed by atoms with Crippen molar-refractivity contribution in [3.8, 4) is 5.69 Å². The molecule has 1 heterocycles. The summed E-state index contributed by atoms with van der Waals surface area (Å²) >= 11 is 0. The van der Waals surface area contributed by atoms with Crippen molar-refractivity contribution < 1.29 is 9.13 Å². The van der Waals surface area contributed by atoms with Gasteiger partial charge >= 0.3 is 0 Å². The normalized spacial score (nSPS) is 10.9. The quantitative estimate of drug-likeness (QED) is 0.752. The highest BCUT2D eigenvalue weighted by Gasteiger charge is 2.02. The maximum atomic E-state index is 13.2. The van der Waals surface area contributed by atoms with Gasteiger partial charge in [0.05, 0.1) is 18.5 Å². The minimum atomic E-state index is -0.248. The van der Waals surface area contributed by atoms with Crippen LogP contribution in [0.15, 0.2) is 36.7 Å². The molecule has 0 saturated heterocycles. The molecule has 1 aromatic carbocycles. The van der Waals surface area contributed by atoms with Gasteiger partial charge in [-0.15, -0.1) is 0 Å². The summed E-state index contributed by atoms with van der Waals surface area (Å²) < 4.78 is 19.8. The van der Waals surface area contributed by atoms with Gasteiger partial charge in [0.25, 0.3) is 0 Å². The van der Waals surface area contributed by atoms with Crippen LogP contribution in [0.5, 0.6) is 0 Å². The Balaban J connectivity index is 1.80. The Kier molecular flexibility index (Phi) is 5.70. The van der Waals surface area contributed by atoms with Crippen LogP contribution in [0.3, 0.4) is 0 Å². The Morgan fingerprint density at radius 2 is 2.25 bits per heavy atom. The van der Waals surface area contributed by atoms with E-state index in [4.69, 9.17) is 4.74 Å². The molecule has 108 valence electrons. The molecule has 2 rings (SSSR count). The Morgan fingerprint density at radius 3 is 3.05 bits per heavy atom. The summed E-state index contributed by atoms with van der Waals surface area (Å²) in [6, 6.07) is 6.43. The van der Waals surface area contributed by atoms with Crippen molar-refractivity contribution in [2.75, 3.05) is 26.8 Å². The maximum absolute atomic E-state index is 13.2. The van der Waals surface area contributed by atoms with Gasteiger partial charge in [-0.25, -0.2) is 9.07 Å². The largest absolute Gasteiger partial charge is 0.383 e. The van der Waals surface area contributed by atoms with E-state index in [1.807, 2.05) is 18.5 Å². The molecule has 0 saturated carbocycles. The van der Waals surface area contributed by atoms with E-state index in [2.05, 4.69) is 10.4 Å². The summed E-state index contributed by atoms with van der Waals surface area (Å²) in [7, 11) is 1.70. The summed E-state index contributed by atoms with van der Waals surface area (Å²) in [6.45, 7) is 2.56. The second-order valence-electron chi connectivity index (χ2n) is 4.62. The molecule has 5 heteroatoms. The minimum absolute atomic E-state index is 0.248. The number of nitrogens with one attached hydrogen (secondary N) is 1. The van der Waals surface area contributed by atoms with Crippen LogP contribution in [0.2, 0.25) is 0 Å². The van der Waals surface area contributed by atoms with Crippen LogP contribution in [0.25, 0.3) is 5.69 Å². The van der Waals surface area contributed by atoms with Gasteiger partial charge in [-0.3, -0.25) is 0 Å². The van der Waals surface area contributed by atoms with Crippen LogP contribution in [0.1, 0.15) is 12.0 Å². The number of aryl methyl sites for hydroxylation is 1. The number of halogens is 1. The van der Waals surface area contributed by atoms with Crippen LogP contribution >= 0.6 is 0 Å². The highest BCUT2D eigenvalue weighted by molar-refractivity contribution is 5.31. The summed E-state index contributed by atoms with van der Waals surface area (Å²) in [5.41, 5.74) is 1.90. The molecule has 0 aliphatic heterocycles. The van der Waals surface area contributed by atoms with E-state index in [9.17, 15) is 4.39 Å². The van der Waals surface area contributed by atoms with Gasteiger partial charge in [-0.05, 0) is 43.1 Å². The van der Waals surface area contributed by atoms with Crippen molar-refractivity contribution in [2.24, 2.45) is 0 Å². The molecule has 0 bridgehead atoms. The molecule has 0 spiro atoms. The zero-order chi connectivity index (χ0) is 14.2. The molecule has 2 aromatic rings. The Bertz CT molecular complexity index is 527. The third-order valence-electron chi connectivity index (χ3n) is 3.01. The summed E-state index contributed by atoms with van der Waals surface area (Å²) in [6.07, 6.45) is 5.78. The molecule has 1 aromatic heterocycles. The van der Waals surface area contributed by atoms with Crippen molar-refractivity contribution in [3.63, 3.8) is 0 Å². The van der Waals surface area contributed by atoms with E-state index in [1.54, 1.807) is 17.9 Å². The monoisotopic (exact) mass is 277 g/mol. The first kappa shape index (κ1) is 14.7. The maximum Gasteiger partial charge on any atom is 0.125 e. The minimum Gasteiger partial charge on any atom is -0.383 e. The first-order valence-electron chi connectivity index (χ1n) is 6.79. The number of methoxy groups -OCH3 is 1. The second-order valence-corrected chi connectivity index (χ2v) is 4.62. The lowest BCUT2D eigenvalue weighted by molar-refractivity contribution is 0.199. The van der Waals surface area contributed by atoms with Crippen molar-refractivity contribution in [1.29, 1.82) is 0 Å². The number of rotatable bonds is 8. The van der Waals surface area contributed by atoms with E-state index < -0.39 is 0 Å². The predicted molar refractivity (Wildman–Crippen MR) is 76.6 cm³/mol. The van der Waals surface area contributed by atoms with Gasteiger partial charge in [0.1, 0.15) is 5.82 Å². The molecule has 0 fully saturated rings. The molecule has 0 unspecified atom stereocenters. The Morgan fingerprint density at radius 1 is 1.35 bits per heavy atom. The third kappa shape index (κ3) is 4.43. The van der Waals surface area contributed by atoms with Crippen LogP contribution in [0, 0.1) is 5.82 Å². The third-order valence-corrected chi connectivity index (χ3v) is 3.01. The van der Waals surface area contributed by atoms with Crippen molar-refractivity contribution in [3.05, 3.63) is 48.0 Å². The molecule has 0 radical (unpaired) electrons. The zero-order valence-corrected chi connectivity index (χ0v) is 11.7. The molecular weight excluding hydrogens is 257 g/mol. The molecule has 4 nitrogen and oxygen atoms in total. The number of aromatic nitrogens is 2. The summed E-state index contributed by atoms with van der Waals surface area (Å²) in [5, 5.41) is 7.57. The van der Waals surface area contributed by atoms with Crippen molar-refractivity contribution >= 4 is 0 Å². The van der Waals surface area contributed by atoms with Crippen molar-refractivity contribution in [2.45, 2.75) is 12.8 Å². The van der Waals surface area contributed by atoms with Gasteiger partial charge in [-0.2, -0.15) is 5.10 Å². The van der Waals surface area contributed by atoms with Gasteiger partial charge in [-0.1, -0.05) is 6.07 Å². The lowest BCUT2D eigenvalue weighted by atomic mass is 10.2. The fourth-order valence-electron chi connectivity index (χ4n) is 1.97. The molecule has 1 N–H and O–H groups in total. The van der Waals surface area contributed by atoms with Crippen LogP contribution in [-0.4, -0.2) is 36.6 Å². The lowest BCUT2D eigenvalue weighted by Crippen LogP contribution is -2.20. The molecular formula is C15H20FN3O. The average Bonchev–Trinajstić information content (AvgIpc) is 2.91. The average molecular weight is 277 g/mol. The Labute approximate surface area is 118 Å². The molecule has 0 aliphatic rings. The highest BCUT2D eigenvalue weighted by Crippen LogP contribution is 2.10. The fraction of sp³-hybridized carbons (Fsp3) is 0.400. The highest BCUT2D eigenvalue weighted by atomic mass is 19.1. The van der Waals surface area contributed by atoms with Gasteiger partial charge in [0.2, 0.25) is 0 Å². The zero-order valence-electron chi connectivity index (χ0n) is 11.7. The van der Waals surface area contributed by atoms with Crippen LogP contribution in [-0.2, 0) is 11.2 Å². The number of nitrogens with zero attached hydrogens (tertiary/aromatic N) is 2. The summed E-state index contributed by atoms with van der Waals surface area (Å²) in [5.74, 6) is -0.248. The van der Waals surface area contributed by atoms with E-state index in [-0.39, 0.29) is 5.82 Å². The van der Waals surface area contributed by atoms with Gasteiger partial charge in [0.15, 0.2) is 0 Å². The number of benzene rings is 1. The van der Waals surface area contributed by atoms with Gasteiger partial charge in [0, 0.05) is 19.9 Å². The molecule has 20 heavy (non-hydrogen) atoms. The SMILES string of the molecule is COCCNCCCc1cnn(-c2cccc(F)c2)c1. The first-order chi connectivity index (χ1) is 9.79. The van der Waals surface area contributed by atoms with E-state index >= 15 is 0 Å². The molecule has 0 aliphatic carbocycles. The molecule has 0 amide bonds. The topological polar surface area (TPSA) is 39.1 Å². The smallest absolute Gasteiger partial charge is 0.125 e.